The normalized spacial score (nSPS) is 17.9. The molecule has 2 rings (SSSR count). The smallest absolute Gasteiger partial charge is 0.259 e. The molecule has 0 aliphatic carbocycles. The van der Waals surface area contributed by atoms with Gasteiger partial charge in [0, 0.05) is 6.21 Å². The lowest BCUT2D eigenvalue weighted by atomic mass is 10.0. The second kappa shape index (κ2) is 6.89. The molecule has 0 saturated carbocycles. The summed E-state index contributed by atoms with van der Waals surface area (Å²) in [5.74, 6) is 1.07. The van der Waals surface area contributed by atoms with E-state index in [0.717, 1.165) is 5.69 Å². The van der Waals surface area contributed by atoms with E-state index in [9.17, 15) is 4.79 Å². The van der Waals surface area contributed by atoms with Gasteiger partial charge in [-0.3, -0.25) is 4.79 Å². The van der Waals surface area contributed by atoms with Crippen molar-refractivity contribution in [3.05, 3.63) is 29.8 Å². The molecule has 112 valence electrons. The molecule has 0 bridgehead atoms. The fourth-order valence-corrected chi connectivity index (χ4v) is 2.74. The third-order valence-corrected chi connectivity index (χ3v) is 3.91. The van der Waals surface area contributed by atoms with Gasteiger partial charge in [-0.15, -0.1) is 0 Å². The molecule has 21 heavy (non-hydrogen) atoms. The Bertz CT molecular complexity index is 579. The van der Waals surface area contributed by atoms with Crippen molar-refractivity contribution >= 4 is 34.7 Å². The average molecular weight is 303 g/mol. The molecule has 1 fully saturated rings. The molecule has 1 heterocycles. The van der Waals surface area contributed by atoms with E-state index in [1.807, 2.05) is 32.0 Å². The number of aliphatic imine (C=N–C) groups is 1. The van der Waals surface area contributed by atoms with Crippen LogP contribution in [-0.2, 0) is 4.79 Å². The Morgan fingerprint density at radius 3 is 2.62 bits per heavy atom. The molecular formula is C16H21N3OS. The number of benzene rings is 1. The maximum absolute atomic E-state index is 11.9. The van der Waals surface area contributed by atoms with Gasteiger partial charge in [0.15, 0.2) is 5.17 Å². The van der Waals surface area contributed by atoms with Crippen molar-refractivity contribution in [2.24, 2.45) is 16.0 Å². The van der Waals surface area contributed by atoms with E-state index in [2.05, 4.69) is 30.0 Å². The Morgan fingerprint density at radius 2 is 1.95 bits per heavy atom. The van der Waals surface area contributed by atoms with Gasteiger partial charge in [0.25, 0.3) is 5.91 Å². The molecule has 0 radical (unpaired) electrons. The van der Waals surface area contributed by atoms with Crippen LogP contribution in [0.1, 0.15) is 39.2 Å². The quantitative estimate of drug-likeness (QED) is 0.789. The van der Waals surface area contributed by atoms with Gasteiger partial charge in [-0.2, -0.15) is 10.1 Å². The number of rotatable bonds is 4. The second-order valence-electron chi connectivity index (χ2n) is 5.61. The molecule has 1 aromatic carbocycles. The standard InChI is InChI=1S/C16H21N3OS/c1-11(2)9-17-19-15(20)10-21-16(19)18-14-8-6-5-7-13(14)12(3)4/h5-9,11-12H,10H2,1-4H3/b17-9+,18-16?. The highest BCUT2D eigenvalue weighted by Crippen LogP contribution is 2.30. The van der Waals surface area contributed by atoms with Crippen molar-refractivity contribution in [2.45, 2.75) is 33.6 Å². The minimum absolute atomic E-state index is 0.0160. The Labute approximate surface area is 130 Å². The van der Waals surface area contributed by atoms with Gasteiger partial charge in [-0.25, -0.2) is 4.99 Å². The van der Waals surface area contributed by atoms with E-state index >= 15 is 0 Å². The molecule has 4 nitrogen and oxygen atoms in total. The molecule has 0 spiro atoms. The Balaban J connectivity index is 2.33. The summed E-state index contributed by atoms with van der Waals surface area (Å²) in [6, 6.07) is 8.04. The van der Waals surface area contributed by atoms with E-state index in [0.29, 0.717) is 22.8 Å². The molecule has 0 atom stereocenters. The lowest BCUT2D eigenvalue weighted by Gasteiger charge is -2.12. The van der Waals surface area contributed by atoms with Crippen LogP contribution >= 0.6 is 11.8 Å². The summed E-state index contributed by atoms with van der Waals surface area (Å²) in [7, 11) is 0. The molecule has 0 N–H and O–H groups in total. The molecule has 0 aromatic heterocycles. The maximum atomic E-state index is 11.9. The fourth-order valence-electron chi connectivity index (χ4n) is 1.93. The molecule has 1 aliphatic heterocycles. The lowest BCUT2D eigenvalue weighted by Crippen LogP contribution is -2.24. The summed E-state index contributed by atoms with van der Waals surface area (Å²) >= 11 is 1.44. The predicted octanol–water partition coefficient (Wildman–Crippen LogP) is 4.01. The van der Waals surface area contributed by atoms with Crippen LogP contribution < -0.4 is 0 Å². The molecular weight excluding hydrogens is 282 g/mol. The molecule has 1 amide bonds. The van der Waals surface area contributed by atoms with Crippen molar-refractivity contribution in [3.63, 3.8) is 0 Å². The van der Waals surface area contributed by atoms with E-state index in [1.54, 1.807) is 6.21 Å². The minimum Gasteiger partial charge on any atom is -0.271 e. The monoisotopic (exact) mass is 303 g/mol. The van der Waals surface area contributed by atoms with Crippen molar-refractivity contribution in [1.82, 2.24) is 5.01 Å². The van der Waals surface area contributed by atoms with E-state index in [-0.39, 0.29) is 5.91 Å². The molecule has 1 aromatic rings. The second-order valence-corrected chi connectivity index (χ2v) is 6.55. The zero-order chi connectivity index (χ0) is 15.4. The first-order valence-electron chi connectivity index (χ1n) is 7.16. The Morgan fingerprint density at radius 1 is 1.24 bits per heavy atom. The van der Waals surface area contributed by atoms with E-state index < -0.39 is 0 Å². The number of amidine groups is 1. The number of para-hydroxylation sites is 1. The van der Waals surface area contributed by atoms with Crippen LogP contribution in [0.3, 0.4) is 0 Å². The summed E-state index contributed by atoms with van der Waals surface area (Å²) in [6.07, 6.45) is 1.77. The van der Waals surface area contributed by atoms with Crippen LogP contribution in [0.2, 0.25) is 0 Å². The number of amides is 1. The number of hydrogen-bond donors (Lipinski definition) is 0. The topological polar surface area (TPSA) is 45.0 Å². The average Bonchev–Trinajstić information content (AvgIpc) is 2.77. The highest BCUT2D eigenvalue weighted by molar-refractivity contribution is 8.15. The first-order valence-corrected chi connectivity index (χ1v) is 8.15. The summed E-state index contributed by atoms with van der Waals surface area (Å²) in [4.78, 5) is 16.6. The van der Waals surface area contributed by atoms with Crippen LogP contribution in [0.15, 0.2) is 34.4 Å². The summed E-state index contributed by atoms with van der Waals surface area (Å²) in [6.45, 7) is 8.34. The van der Waals surface area contributed by atoms with Crippen molar-refractivity contribution in [3.8, 4) is 0 Å². The highest BCUT2D eigenvalue weighted by Gasteiger charge is 2.28. The molecule has 1 saturated heterocycles. The van der Waals surface area contributed by atoms with Gasteiger partial charge < -0.3 is 0 Å². The van der Waals surface area contributed by atoms with Crippen LogP contribution in [0, 0.1) is 5.92 Å². The van der Waals surface area contributed by atoms with Crippen LogP contribution in [-0.4, -0.2) is 28.1 Å². The van der Waals surface area contributed by atoms with E-state index in [4.69, 9.17) is 0 Å². The third kappa shape index (κ3) is 3.94. The molecule has 1 aliphatic rings. The SMILES string of the molecule is CC(C)/C=N/N1C(=O)CSC1=Nc1ccccc1C(C)C. The Kier molecular flexibility index (Phi) is 5.17. The largest absolute Gasteiger partial charge is 0.271 e. The fraction of sp³-hybridized carbons (Fsp3) is 0.438. The number of carbonyl (C=O) groups excluding carboxylic acids is 1. The van der Waals surface area contributed by atoms with Crippen molar-refractivity contribution in [1.29, 1.82) is 0 Å². The number of nitrogens with zero attached hydrogens (tertiary/aromatic N) is 3. The summed E-state index contributed by atoms with van der Waals surface area (Å²) < 4.78 is 0. The molecule has 0 unspecified atom stereocenters. The minimum atomic E-state index is -0.0160. The summed E-state index contributed by atoms with van der Waals surface area (Å²) in [5, 5.41) is 6.34. The van der Waals surface area contributed by atoms with Gasteiger partial charge in [-0.1, -0.05) is 57.7 Å². The Hall–Kier alpha value is -1.62. The van der Waals surface area contributed by atoms with Gasteiger partial charge >= 0.3 is 0 Å². The van der Waals surface area contributed by atoms with Crippen LogP contribution in [0.25, 0.3) is 0 Å². The number of thioether (sulfide) groups is 1. The van der Waals surface area contributed by atoms with Crippen molar-refractivity contribution < 1.29 is 4.79 Å². The number of hydrogen-bond acceptors (Lipinski definition) is 4. The summed E-state index contributed by atoms with van der Waals surface area (Å²) in [5.41, 5.74) is 2.09. The first-order chi connectivity index (χ1) is 9.99. The number of carbonyl (C=O) groups is 1. The molecule has 5 heteroatoms. The predicted molar refractivity (Wildman–Crippen MR) is 90.3 cm³/mol. The van der Waals surface area contributed by atoms with Gasteiger partial charge in [0.2, 0.25) is 0 Å². The van der Waals surface area contributed by atoms with Crippen molar-refractivity contribution in [2.75, 3.05) is 5.75 Å². The highest BCUT2D eigenvalue weighted by atomic mass is 32.2. The van der Waals surface area contributed by atoms with Gasteiger partial charge in [-0.05, 0) is 23.5 Å². The zero-order valence-corrected chi connectivity index (χ0v) is 13.7. The van der Waals surface area contributed by atoms with Gasteiger partial charge in [0.05, 0.1) is 11.4 Å². The van der Waals surface area contributed by atoms with Gasteiger partial charge in [0.1, 0.15) is 0 Å². The lowest BCUT2D eigenvalue weighted by molar-refractivity contribution is -0.124. The third-order valence-electron chi connectivity index (χ3n) is 3.00. The zero-order valence-electron chi connectivity index (χ0n) is 12.9. The van der Waals surface area contributed by atoms with Crippen LogP contribution in [0.5, 0.6) is 0 Å². The number of hydrazone groups is 1. The van der Waals surface area contributed by atoms with E-state index in [1.165, 1.54) is 22.3 Å². The van der Waals surface area contributed by atoms with Crippen LogP contribution in [0.4, 0.5) is 5.69 Å². The first kappa shape index (κ1) is 15.8. The maximum Gasteiger partial charge on any atom is 0.259 e.